The smallest absolute Gasteiger partial charge is 0.258 e. The van der Waals surface area contributed by atoms with Gasteiger partial charge in [-0.05, 0) is 5.22 Å². The Bertz CT molecular complexity index is 100. The molecule has 6 heteroatoms. The molecule has 0 heterocycles. The zero-order valence-corrected chi connectivity index (χ0v) is 4.07. The van der Waals surface area contributed by atoms with E-state index in [0.29, 0.717) is 0 Å². The molecule has 0 rings (SSSR count). The van der Waals surface area contributed by atoms with Gasteiger partial charge in [0.05, 0.1) is 0 Å². The van der Waals surface area contributed by atoms with Crippen molar-refractivity contribution in [3.63, 3.8) is 0 Å². The molecule has 46 valence electrons. The molecule has 1 amide bonds. The Morgan fingerprint density at radius 2 is 2.38 bits per heavy atom. The summed E-state index contributed by atoms with van der Waals surface area (Å²) in [6.07, 6.45) is 0. The Balaban J connectivity index is 3.05. The maximum atomic E-state index is 9.83. The molecule has 4 N–H and O–H groups in total. The van der Waals surface area contributed by atoms with Gasteiger partial charge in [-0.15, -0.1) is 0 Å². The average Bonchev–Trinajstić information content (AvgIpc) is 1.66. The van der Waals surface area contributed by atoms with E-state index in [1.165, 1.54) is 0 Å². The fraction of sp³-hybridized carbons (Fsp3) is 0.500. The van der Waals surface area contributed by atoms with Crippen LogP contribution < -0.4 is 11.6 Å². The minimum absolute atomic E-state index is 0.291. The van der Waals surface area contributed by atoms with Gasteiger partial charge in [0.1, 0.15) is 0 Å². The van der Waals surface area contributed by atoms with Crippen LogP contribution in [0.3, 0.4) is 0 Å². The van der Waals surface area contributed by atoms with Gasteiger partial charge < -0.3 is 16.4 Å². The summed E-state index contributed by atoms with van der Waals surface area (Å²) in [6.45, 7) is -0.291. The van der Waals surface area contributed by atoms with Gasteiger partial charge in [-0.25, -0.2) is 0 Å². The summed E-state index contributed by atoms with van der Waals surface area (Å²) >= 11 is 0. The largest absolute Gasteiger partial charge is 0.368 e. The molecule has 0 fully saturated rings. The van der Waals surface area contributed by atoms with Crippen LogP contribution in [0, 0.1) is 0 Å². The van der Waals surface area contributed by atoms with Crippen molar-refractivity contribution >= 4 is 5.91 Å². The van der Waals surface area contributed by atoms with Gasteiger partial charge in [-0.3, -0.25) is 4.79 Å². The van der Waals surface area contributed by atoms with Crippen LogP contribution in [0.4, 0.5) is 0 Å². The van der Waals surface area contributed by atoms with Gasteiger partial charge in [0.25, 0.3) is 5.91 Å². The molecule has 0 atom stereocenters. The van der Waals surface area contributed by atoms with E-state index < -0.39 is 5.91 Å². The fourth-order valence-electron chi connectivity index (χ4n) is 0.126. The first kappa shape index (κ1) is 6.67. The average molecular weight is 118 g/mol. The summed E-state index contributed by atoms with van der Waals surface area (Å²) in [6, 6.07) is 0. The Morgan fingerprint density at radius 1 is 1.75 bits per heavy atom. The summed E-state index contributed by atoms with van der Waals surface area (Å²) in [5.41, 5.74) is 4.63. The second-order valence-corrected chi connectivity index (χ2v) is 0.937. The van der Waals surface area contributed by atoms with Crippen LogP contribution >= 0.6 is 0 Å². The topological polar surface area (TPSA) is 103 Å². The number of amides is 1. The van der Waals surface area contributed by atoms with Crippen molar-refractivity contribution in [2.24, 2.45) is 22.1 Å². The zero-order chi connectivity index (χ0) is 6.41. The molecule has 8 heavy (non-hydrogen) atoms. The SMILES string of the molecule is NN=NOCC(N)=O. The number of carbonyl (C=O) groups is 1. The van der Waals surface area contributed by atoms with Crippen molar-refractivity contribution in [1.29, 1.82) is 0 Å². The Kier molecular flexibility index (Phi) is 3.21. The second kappa shape index (κ2) is 3.85. The summed E-state index contributed by atoms with van der Waals surface area (Å²) in [5, 5.41) is 5.52. The van der Waals surface area contributed by atoms with E-state index >= 15 is 0 Å². The number of hydrogen-bond donors (Lipinski definition) is 2. The molecule has 0 aromatic carbocycles. The van der Waals surface area contributed by atoms with Crippen molar-refractivity contribution in [3.8, 4) is 0 Å². The molecular weight excluding hydrogens is 112 g/mol. The number of nitrogens with zero attached hydrogens (tertiary/aromatic N) is 2. The number of primary amides is 1. The van der Waals surface area contributed by atoms with Crippen LogP contribution in [0.25, 0.3) is 0 Å². The molecule has 0 aliphatic carbocycles. The number of nitrogens with two attached hydrogens (primary N) is 2. The van der Waals surface area contributed by atoms with E-state index in [-0.39, 0.29) is 6.61 Å². The summed E-state index contributed by atoms with van der Waals surface area (Å²) in [4.78, 5) is 13.9. The molecule has 0 aliphatic heterocycles. The lowest BCUT2D eigenvalue weighted by Crippen LogP contribution is -2.16. The van der Waals surface area contributed by atoms with Gasteiger partial charge in [0.15, 0.2) is 6.61 Å². The number of hydrogen-bond acceptors (Lipinski definition) is 4. The molecule has 0 unspecified atom stereocenters. The van der Waals surface area contributed by atoms with Crippen LogP contribution in [0.15, 0.2) is 10.5 Å². The zero-order valence-electron chi connectivity index (χ0n) is 4.07. The Hall–Kier alpha value is -1.33. The van der Waals surface area contributed by atoms with E-state index in [9.17, 15) is 4.79 Å². The number of rotatable bonds is 3. The number of carbonyl (C=O) groups excluding carboxylic acids is 1. The van der Waals surface area contributed by atoms with Gasteiger partial charge in [-0.2, -0.15) is 0 Å². The minimum atomic E-state index is -0.614. The highest BCUT2D eigenvalue weighted by Gasteiger charge is 1.89. The van der Waals surface area contributed by atoms with Gasteiger partial charge in [0, 0.05) is 5.28 Å². The van der Waals surface area contributed by atoms with E-state index in [2.05, 4.69) is 26.9 Å². The maximum absolute atomic E-state index is 9.83. The van der Waals surface area contributed by atoms with Crippen molar-refractivity contribution in [3.05, 3.63) is 0 Å². The maximum Gasteiger partial charge on any atom is 0.258 e. The Morgan fingerprint density at radius 3 is 2.75 bits per heavy atom. The molecule has 0 aromatic heterocycles. The van der Waals surface area contributed by atoms with Crippen molar-refractivity contribution < 1.29 is 9.63 Å². The third-order valence-corrected chi connectivity index (χ3v) is 0.312. The van der Waals surface area contributed by atoms with Crippen LogP contribution in [0.1, 0.15) is 0 Å². The van der Waals surface area contributed by atoms with Crippen LogP contribution in [0.2, 0.25) is 0 Å². The summed E-state index contributed by atoms with van der Waals surface area (Å²) in [7, 11) is 0. The lowest BCUT2D eigenvalue weighted by Gasteiger charge is -1.87. The van der Waals surface area contributed by atoms with E-state index in [1.807, 2.05) is 0 Å². The predicted molar refractivity (Wildman–Crippen MR) is 24.2 cm³/mol. The molecule has 0 aliphatic rings. The van der Waals surface area contributed by atoms with Gasteiger partial charge in [0.2, 0.25) is 0 Å². The lowest BCUT2D eigenvalue weighted by atomic mass is 10.7. The normalized spacial score (nSPS) is 9.50. The summed E-state index contributed by atoms with van der Waals surface area (Å²) in [5.74, 6) is 3.88. The second-order valence-electron chi connectivity index (χ2n) is 0.937. The van der Waals surface area contributed by atoms with Crippen LogP contribution in [0.5, 0.6) is 0 Å². The first-order valence-corrected chi connectivity index (χ1v) is 1.78. The molecule has 0 aromatic rings. The Labute approximate surface area is 45.4 Å². The van der Waals surface area contributed by atoms with Crippen LogP contribution in [-0.4, -0.2) is 12.5 Å². The molecule has 0 bridgehead atoms. The third-order valence-electron chi connectivity index (χ3n) is 0.312. The van der Waals surface area contributed by atoms with Crippen molar-refractivity contribution in [2.45, 2.75) is 0 Å². The first-order valence-electron chi connectivity index (χ1n) is 1.78. The van der Waals surface area contributed by atoms with Gasteiger partial charge >= 0.3 is 0 Å². The summed E-state index contributed by atoms with van der Waals surface area (Å²) < 4.78 is 0. The molecule has 0 radical (unpaired) electrons. The standard InChI is InChI=1S/C2H6N4O2/c3-2(7)1-8-6-5-4/h1H2,(H2,3,7)(H2,4,6). The highest BCUT2D eigenvalue weighted by Crippen LogP contribution is 1.71. The molecule has 0 spiro atoms. The van der Waals surface area contributed by atoms with E-state index in [4.69, 9.17) is 0 Å². The third kappa shape index (κ3) is 4.67. The minimum Gasteiger partial charge on any atom is -0.368 e. The van der Waals surface area contributed by atoms with E-state index in [1.54, 1.807) is 0 Å². The molecule has 0 saturated heterocycles. The predicted octanol–water partition coefficient (Wildman–Crippen LogP) is -1.27. The molecule has 6 nitrogen and oxygen atoms in total. The fourth-order valence-corrected chi connectivity index (χ4v) is 0.126. The van der Waals surface area contributed by atoms with Crippen molar-refractivity contribution in [1.82, 2.24) is 0 Å². The molecule has 0 saturated carbocycles. The van der Waals surface area contributed by atoms with Crippen LogP contribution in [-0.2, 0) is 9.63 Å². The highest BCUT2D eigenvalue weighted by atomic mass is 16.6. The van der Waals surface area contributed by atoms with Gasteiger partial charge in [-0.1, -0.05) is 0 Å². The molecular formula is C2H6N4O2. The van der Waals surface area contributed by atoms with Crippen molar-refractivity contribution in [2.75, 3.05) is 6.61 Å². The quantitative estimate of drug-likeness (QED) is 0.274. The van der Waals surface area contributed by atoms with E-state index in [0.717, 1.165) is 0 Å². The first-order chi connectivity index (χ1) is 3.77. The monoisotopic (exact) mass is 118 g/mol. The highest BCUT2D eigenvalue weighted by molar-refractivity contribution is 5.74. The lowest BCUT2D eigenvalue weighted by molar-refractivity contribution is -0.122.